The molecule has 2 heterocycles. The molecule has 0 saturated heterocycles. The van der Waals surface area contributed by atoms with Crippen molar-refractivity contribution in [2.75, 3.05) is 11.4 Å². The molecule has 1 aliphatic heterocycles. The minimum absolute atomic E-state index is 0.105. The molecule has 1 aromatic carbocycles. The van der Waals surface area contributed by atoms with Gasteiger partial charge in [0.25, 0.3) is 11.6 Å². The summed E-state index contributed by atoms with van der Waals surface area (Å²) in [6, 6.07) is 7.20. The number of carbonyl (C=O) groups is 2. The number of benzene rings is 1. The van der Waals surface area contributed by atoms with Crippen molar-refractivity contribution in [3.63, 3.8) is 0 Å². The van der Waals surface area contributed by atoms with Crippen LogP contribution in [0, 0.1) is 10.1 Å². The van der Waals surface area contributed by atoms with Crippen LogP contribution < -0.4 is 4.90 Å². The number of fused-ring (bicyclic) bond motifs is 1. The quantitative estimate of drug-likeness (QED) is 0.509. The average molecular weight is 346 g/mol. The molecular weight excluding hydrogens is 332 g/mol. The van der Waals surface area contributed by atoms with E-state index in [1.807, 2.05) is 0 Å². The van der Waals surface area contributed by atoms with Crippen LogP contribution in [0.3, 0.4) is 0 Å². The van der Waals surface area contributed by atoms with Crippen molar-refractivity contribution in [1.29, 1.82) is 0 Å². The van der Waals surface area contributed by atoms with Crippen molar-refractivity contribution < 1.29 is 19.6 Å². The van der Waals surface area contributed by atoms with E-state index in [0.717, 1.165) is 0 Å². The number of nitrogens with zero attached hydrogens (tertiary/aromatic N) is 2. The van der Waals surface area contributed by atoms with E-state index in [1.165, 1.54) is 34.4 Å². The number of Topliss-reactive ketones (excluding diaryl/α,β-unsaturated/α-hetero) is 1. The Morgan fingerprint density at radius 3 is 2.75 bits per heavy atom. The summed E-state index contributed by atoms with van der Waals surface area (Å²) >= 11 is 1.22. The van der Waals surface area contributed by atoms with Crippen LogP contribution in [0.4, 0.5) is 11.4 Å². The Labute approximate surface area is 141 Å². The predicted molar refractivity (Wildman–Crippen MR) is 88.3 cm³/mol. The Balaban J connectivity index is 2.07. The van der Waals surface area contributed by atoms with Gasteiger partial charge >= 0.3 is 0 Å². The van der Waals surface area contributed by atoms with Gasteiger partial charge in [0.2, 0.25) is 0 Å². The highest BCUT2D eigenvalue weighted by Gasteiger charge is 2.51. The van der Waals surface area contributed by atoms with Crippen LogP contribution in [0.15, 0.2) is 35.7 Å². The van der Waals surface area contributed by atoms with E-state index in [0.29, 0.717) is 17.1 Å². The van der Waals surface area contributed by atoms with Crippen LogP contribution in [-0.4, -0.2) is 28.3 Å². The Bertz CT molecular complexity index is 833. The number of nitro groups is 1. The highest BCUT2D eigenvalue weighted by molar-refractivity contribution is 7.12. The summed E-state index contributed by atoms with van der Waals surface area (Å²) in [7, 11) is 0. The molecule has 2 aromatic rings. The van der Waals surface area contributed by atoms with Crippen LogP contribution in [0.25, 0.3) is 0 Å². The monoisotopic (exact) mass is 346 g/mol. The molecule has 1 aliphatic rings. The fourth-order valence-corrected chi connectivity index (χ4v) is 3.56. The average Bonchev–Trinajstić information content (AvgIpc) is 3.15. The number of hydrogen-bond acceptors (Lipinski definition) is 6. The molecule has 124 valence electrons. The van der Waals surface area contributed by atoms with Crippen LogP contribution in [0.5, 0.6) is 0 Å². The topological polar surface area (TPSA) is 101 Å². The Morgan fingerprint density at radius 1 is 1.42 bits per heavy atom. The van der Waals surface area contributed by atoms with Crippen molar-refractivity contribution in [3.8, 4) is 0 Å². The Hall–Kier alpha value is -2.58. The normalized spacial score (nSPS) is 19.4. The molecule has 8 heteroatoms. The van der Waals surface area contributed by atoms with E-state index in [4.69, 9.17) is 0 Å². The van der Waals surface area contributed by atoms with E-state index >= 15 is 0 Å². The molecule has 1 atom stereocenters. The molecule has 7 nitrogen and oxygen atoms in total. The molecule has 0 bridgehead atoms. The van der Waals surface area contributed by atoms with Gasteiger partial charge in [0.1, 0.15) is 0 Å². The van der Waals surface area contributed by atoms with Gasteiger partial charge in [-0.2, -0.15) is 0 Å². The van der Waals surface area contributed by atoms with Crippen LogP contribution >= 0.6 is 11.3 Å². The summed E-state index contributed by atoms with van der Waals surface area (Å²) in [5.41, 5.74) is -1.82. The largest absolute Gasteiger partial charge is 0.375 e. The van der Waals surface area contributed by atoms with Crippen LogP contribution in [0.1, 0.15) is 28.6 Å². The van der Waals surface area contributed by atoms with E-state index < -0.39 is 22.9 Å². The maximum absolute atomic E-state index is 12.7. The molecule has 1 amide bonds. The number of hydrogen-bond donors (Lipinski definition) is 1. The van der Waals surface area contributed by atoms with Crippen LogP contribution in [-0.2, 0) is 10.4 Å². The zero-order valence-corrected chi connectivity index (χ0v) is 13.6. The third-order valence-electron chi connectivity index (χ3n) is 4.05. The number of anilines is 1. The van der Waals surface area contributed by atoms with Gasteiger partial charge in [-0.1, -0.05) is 6.07 Å². The molecule has 0 aliphatic carbocycles. The standard InChI is InChI=1S/C16H14N2O5S/c1-2-17-12-6-5-10(18(22)23)8-11(12)16(21,15(17)20)9-13(19)14-4-3-7-24-14/h3-8,21H,2,9H2,1H3/t16-/m0/s1. The molecular formula is C16H14N2O5S. The number of thiophene rings is 1. The molecule has 0 fully saturated rings. The Morgan fingerprint density at radius 2 is 2.17 bits per heavy atom. The number of amides is 1. The highest BCUT2D eigenvalue weighted by atomic mass is 32.1. The van der Waals surface area contributed by atoms with Crippen molar-refractivity contribution in [3.05, 3.63) is 56.3 Å². The summed E-state index contributed by atoms with van der Waals surface area (Å²) in [4.78, 5) is 37.2. The summed E-state index contributed by atoms with van der Waals surface area (Å²) in [5, 5.41) is 23.7. The number of aliphatic hydroxyl groups is 1. The first-order chi connectivity index (χ1) is 11.4. The minimum atomic E-state index is -2.08. The third-order valence-corrected chi connectivity index (χ3v) is 4.97. The summed E-state index contributed by atoms with van der Waals surface area (Å²) in [6.07, 6.45) is -0.447. The number of carbonyl (C=O) groups excluding carboxylic acids is 2. The fraction of sp³-hybridized carbons (Fsp3) is 0.250. The summed E-state index contributed by atoms with van der Waals surface area (Å²) in [6.45, 7) is 2.02. The van der Waals surface area contributed by atoms with Gasteiger partial charge in [0, 0.05) is 24.2 Å². The first-order valence-corrected chi connectivity index (χ1v) is 8.16. The third kappa shape index (κ3) is 2.40. The zero-order chi connectivity index (χ0) is 17.5. The number of nitro benzene ring substituents is 1. The lowest BCUT2D eigenvalue weighted by Gasteiger charge is -2.21. The number of rotatable bonds is 5. The maximum atomic E-state index is 12.7. The van der Waals surface area contributed by atoms with Crippen molar-refractivity contribution in [2.45, 2.75) is 18.9 Å². The van der Waals surface area contributed by atoms with Crippen molar-refractivity contribution in [1.82, 2.24) is 0 Å². The minimum Gasteiger partial charge on any atom is -0.375 e. The second-order valence-corrected chi connectivity index (χ2v) is 6.39. The fourth-order valence-electron chi connectivity index (χ4n) is 2.89. The number of ketones is 1. The number of likely N-dealkylation sites (N-methyl/N-ethyl adjacent to an activating group) is 1. The zero-order valence-electron chi connectivity index (χ0n) is 12.8. The predicted octanol–water partition coefficient (Wildman–Crippen LogP) is 2.48. The van der Waals surface area contributed by atoms with Gasteiger partial charge < -0.3 is 10.0 Å². The van der Waals surface area contributed by atoms with Gasteiger partial charge in [-0.3, -0.25) is 19.7 Å². The molecule has 0 spiro atoms. The molecule has 24 heavy (non-hydrogen) atoms. The van der Waals surface area contributed by atoms with Crippen molar-refractivity contribution >= 4 is 34.4 Å². The second kappa shape index (κ2) is 5.81. The molecule has 3 rings (SSSR count). The lowest BCUT2D eigenvalue weighted by atomic mass is 9.89. The first-order valence-electron chi connectivity index (χ1n) is 7.28. The highest BCUT2D eigenvalue weighted by Crippen LogP contribution is 2.44. The van der Waals surface area contributed by atoms with Crippen molar-refractivity contribution in [2.24, 2.45) is 0 Å². The molecule has 0 saturated carbocycles. The lowest BCUT2D eigenvalue weighted by molar-refractivity contribution is -0.385. The summed E-state index contributed by atoms with van der Waals surface area (Å²) in [5.74, 6) is -1.01. The first kappa shape index (κ1) is 16.3. The smallest absolute Gasteiger partial charge is 0.269 e. The second-order valence-electron chi connectivity index (χ2n) is 5.45. The van der Waals surface area contributed by atoms with Gasteiger partial charge in [-0.25, -0.2) is 0 Å². The SMILES string of the molecule is CCN1C(=O)[C@](O)(CC(=O)c2cccs2)c2cc([N+](=O)[O-])ccc21. The summed E-state index contributed by atoms with van der Waals surface area (Å²) < 4.78 is 0. The molecule has 1 N–H and O–H groups in total. The lowest BCUT2D eigenvalue weighted by Crippen LogP contribution is -2.41. The molecule has 0 unspecified atom stereocenters. The number of non-ortho nitro benzene ring substituents is 1. The van der Waals surface area contributed by atoms with Gasteiger partial charge in [0.15, 0.2) is 11.4 Å². The van der Waals surface area contributed by atoms with Gasteiger partial charge in [0.05, 0.1) is 21.9 Å². The van der Waals surface area contributed by atoms with E-state index in [2.05, 4.69) is 0 Å². The Kier molecular flexibility index (Phi) is 3.94. The molecule has 0 radical (unpaired) electrons. The molecule has 1 aromatic heterocycles. The van der Waals surface area contributed by atoms with Gasteiger partial charge in [-0.15, -0.1) is 11.3 Å². The maximum Gasteiger partial charge on any atom is 0.269 e. The van der Waals surface area contributed by atoms with E-state index in [1.54, 1.807) is 24.4 Å². The van der Waals surface area contributed by atoms with Gasteiger partial charge in [-0.05, 0) is 24.4 Å². The van der Waals surface area contributed by atoms with E-state index in [-0.39, 0.29) is 17.0 Å². The van der Waals surface area contributed by atoms with E-state index in [9.17, 15) is 24.8 Å². The van der Waals surface area contributed by atoms with Crippen LogP contribution in [0.2, 0.25) is 0 Å².